The van der Waals surface area contributed by atoms with Crippen LogP contribution in [-0.2, 0) is 6.54 Å². The Morgan fingerprint density at radius 3 is 2.60 bits per heavy atom. The first-order valence-electron chi connectivity index (χ1n) is 8.41. The summed E-state index contributed by atoms with van der Waals surface area (Å²) in [7, 11) is 0. The Labute approximate surface area is 146 Å². The van der Waals surface area contributed by atoms with E-state index in [0.29, 0.717) is 17.9 Å². The fourth-order valence-corrected chi connectivity index (χ4v) is 3.47. The summed E-state index contributed by atoms with van der Waals surface area (Å²) < 4.78 is 2.05. The lowest BCUT2D eigenvalue weighted by molar-refractivity contribution is 0.411. The van der Waals surface area contributed by atoms with Gasteiger partial charge in [-0.05, 0) is 37.6 Å². The number of benzene rings is 2. The van der Waals surface area contributed by atoms with Crippen molar-refractivity contribution in [3.8, 4) is 0 Å². The van der Waals surface area contributed by atoms with Crippen molar-refractivity contribution >= 4 is 28.1 Å². The van der Waals surface area contributed by atoms with E-state index in [4.69, 9.17) is 10.4 Å². The lowest BCUT2D eigenvalue weighted by Gasteiger charge is -2.21. The van der Waals surface area contributed by atoms with Gasteiger partial charge in [0, 0.05) is 12.2 Å². The molecule has 1 aromatic heterocycles. The summed E-state index contributed by atoms with van der Waals surface area (Å²) in [5, 5.41) is 19.3. The van der Waals surface area contributed by atoms with Gasteiger partial charge >= 0.3 is 0 Å². The molecule has 0 unspecified atom stereocenters. The van der Waals surface area contributed by atoms with Gasteiger partial charge in [-0.2, -0.15) is 0 Å². The van der Waals surface area contributed by atoms with E-state index >= 15 is 0 Å². The van der Waals surface area contributed by atoms with E-state index in [-0.39, 0.29) is 11.6 Å². The van der Waals surface area contributed by atoms with E-state index in [1.807, 2.05) is 67.3 Å². The number of hydrogen-bond acceptors (Lipinski definition) is 3. The molecule has 0 aliphatic carbocycles. The van der Waals surface area contributed by atoms with E-state index in [2.05, 4.69) is 4.57 Å². The van der Waals surface area contributed by atoms with Gasteiger partial charge in [-0.1, -0.05) is 30.3 Å². The van der Waals surface area contributed by atoms with Gasteiger partial charge in [0.2, 0.25) is 0 Å². The van der Waals surface area contributed by atoms with E-state index in [9.17, 15) is 5.11 Å². The Kier molecular flexibility index (Phi) is 3.57. The Balaban J connectivity index is 1.83. The minimum absolute atomic E-state index is 0.193. The molecule has 0 spiro atoms. The molecule has 2 N–H and O–H groups in total. The second kappa shape index (κ2) is 5.77. The minimum atomic E-state index is 0.193. The van der Waals surface area contributed by atoms with Gasteiger partial charge in [0.05, 0.1) is 23.2 Å². The molecule has 4 rings (SSSR count). The molecule has 0 amide bonds. The predicted octanol–water partition coefficient (Wildman–Crippen LogP) is 4.13. The summed E-state index contributed by atoms with van der Waals surface area (Å²) in [5.74, 6) is 1.14. The highest BCUT2D eigenvalue weighted by Gasteiger charge is 2.33. The van der Waals surface area contributed by atoms with Crippen molar-refractivity contribution in [1.29, 1.82) is 5.41 Å². The number of amidine groups is 1. The molecule has 0 saturated carbocycles. The zero-order valence-corrected chi connectivity index (χ0v) is 14.3. The van der Waals surface area contributed by atoms with Crippen LogP contribution < -0.4 is 4.90 Å². The zero-order chi connectivity index (χ0) is 17.6. The highest BCUT2D eigenvalue weighted by atomic mass is 16.3. The Hall–Kier alpha value is -3.08. The van der Waals surface area contributed by atoms with Gasteiger partial charge in [0.25, 0.3) is 0 Å². The molecule has 5 heteroatoms. The molecule has 0 saturated heterocycles. The fourth-order valence-electron chi connectivity index (χ4n) is 3.47. The first kappa shape index (κ1) is 15.4. The third kappa shape index (κ3) is 2.31. The van der Waals surface area contributed by atoms with Crippen LogP contribution in [0.25, 0.3) is 16.6 Å². The third-order valence-electron chi connectivity index (χ3n) is 4.70. The Morgan fingerprint density at radius 1 is 1.12 bits per heavy atom. The van der Waals surface area contributed by atoms with Crippen LogP contribution in [0.3, 0.4) is 0 Å². The summed E-state index contributed by atoms with van der Waals surface area (Å²) >= 11 is 0. The third-order valence-corrected chi connectivity index (χ3v) is 4.70. The second-order valence-electron chi connectivity index (χ2n) is 6.21. The highest BCUT2D eigenvalue weighted by Crippen LogP contribution is 2.33. The smallest absolute Gasteiger partial charge is 0.148 e. The summed E-state index contributed by atoms with van der Waals surface area (Å²) in [6.45, 7) is 5.09. The quantitative estimate of drug-likeness (QED) is 0.758. The van der Waals surface area contributed by atoms with Gasteiger partial charge in [-0.3, -0.25) is 5.41 Å². The minimum Gasteiger partial charge on any atom is -0.509 e. The van der Waals surface area contributed by atoms with E-state index in [1.165, 1.54) is 0 Å². The van der Waals surface area contributed by atoms with Crippen LogP contribution in [0.1, 0.15) is 18.3 Å². The molecule has 0 atom stereocenters. The number of fused-ring (bicyclic) bond motifs is 1. The van der Waals surface area contributed by atoms with E-state index in [0.717, 1.165) is 28.8 Å². The molecule has 2 heterocycles. The topological polar surface area (TPSA) is 65.1 Å². The number of aromatic nitrogens is 2. The van der Waals surface area contributed by atoms with E-state index < -0.39 is 0 Å². The summed E-state index contributed by atoms with van der Waals surface area (Å²) in [6, 6.07) is 15.8. The van der Waals surface area contributed by atoms with Crippen LogP contribution in [-0.4, -0.2) is 27.0 Å². The molecule has 126 valence electrons. The van der Waals surface area contributed by atoms with Gasteiger partial charge in [-0.15, -0.1) is 0 Å². The zero-order valence-electron chi connectivity index (χ0n) is 14.3. The van der Waals surface area contributed by atoms with Crippen molar-refractivity contribution in [3.05, 3.63) is 65.7 Å². The second-order valence-corrected chi connectivity index (χ2v) is 6.21. The fraction of sp³-hybridized carbons (Fsp3) is 0.200. The summed E-state index contributed by atoms with van der Waals surface area (Å²) in [4.78, 5) is 6.53. The number of aliphatic hydroxyl groups is 1. The average molecular weight is 332 g/mol. The van der Waals surface area contributed by atoms with Gasteiger partial charge in [-0.25, -0.2) is 4.98 Å². The van der Waals surface area contributed by atoms with Crippen LogP contribution in [0.2, 0.25) is 0 Å². The number of nitrogens with one attached hydrogen (secondary N) is 1. The number of aryl methyl sites for hydroxylation is 2. The Morgan fingerprint density at radius 2 is 1.84 bits per heavy atom. The monoisotopic (exact) mass is 332 g/mol. The van der Waals surface area contributed by atoms with Crippen LogP contribution in [0.4, 0.5) is 5.69 Å². The van der Waals surface area contributed by atoms with Gasteiger partial charge in [0.15, 0.2) is 0 Å². The van der Waals surface area contributed by atoms with Crippen LogP contribution in [0, 0.1) is 12.3 Å². The van der Waals surface area contributed by atoms with Crippen molar-refractivity contribution in [3.63, 3.8) is 0 Å². The standard InChI is InChI=1S/C20H20N4O/c1-3-23-16-11-7-5-9-14(16)22-20(23)18-17(25)12-24(19(18)21)15-10-6-4-8-13(15)2/h4-11,21,25H,3,12H2,1-2H3. The number of para-hydroxylation sites is 3. The molecular formula is C20H20N4O. The molecule has 3 aromatic rings. The summed E-state index contributed by atoms with van der Waals surface area (Å²) in [5.41, 5.74) is 4.42. The number of rotatable bonds is 3. The maximum atomic E-state index is 10.6. The van der Waals surface area contributed by atoms with Gasteiger partial charge in [0.1, 0.15) is 17.4 Å². The van der Waals surface area contributed by atoms with Gasteiger partial charge < -0.3 is 14.6 Å². The molecular weight excluding hydrogens is 312 g/mol. The molecule has 0 bridgehead atoms. The SMILES string of the molecule is CCn1c(C2=C(O)CN(c3ccccc3C)C2=N)nc2ccccc21. The average Bonchev–Trinajstić information content (AvgIpc) is 3.11. The maximum Gasteiger partial charge on any atom is 0.148 e. The van der Waals surface area contributed by atoms with Crippen molar-refractivity contribution in [2.75, 3.05) is 11.4 Å². The molecule has 5 nitrogen and oxygen atoms in total. The Bertz CT molecular complexity index is 1020. The number of aliphatic hydroxyl groups excluding tert-OH is 1. The van der Waals surface area contributed by atoms with Crippen LogP contribution >= 0.6 is 0 Å². The summed E-state index contributed by atoms with van der Waals surface area (Å²) in [6.07, 6.45) is 0. The molecule has 2 aromatic carbocycles. The lowest BCUT2D eigenvalue weighted by Crippen LogP contribution is -2.27. The van der Waals surface area contributed by atoms with Crippen molar-refractivity contribution in [2.45, 2.75) is 20.4 Å². The van der Waals surface area contributed by atoms with Crippen LogP contribution in [0.15, 0.2) is 54.3 Å². The van der Waals surface area contributed by atoms with Crippen molar-refractivity contribution in [1.82, 2.24) is 9.55 Å². The molecule has 1 aliphatic rings. The lowest BCUT2D eigenvalue weighted by atomic mass is 10.1. The molecule has 25 heavy (non-hydrogen) atoms. The van der Waals surface area contributed by atoms with Crippen LogP contribution in [0.5, 0.6) is 0 Å². The number of nitrogens with zero attached hydrogens (tertiary/aromatic N) is 3. The maximum absolute atomic E-state index is 10.6. The van der Waals surface area contributed by atoms with Crippen molar-refractivity contribution in [2.24, 2.45) is 0 Å². The first-order valence-corrected chi connectivity index (χ1v) is 8.41. The molecule has 0 radical (unpaired) electrons. The first-order chi connectivity index (χ1) is 12.1. The molecule has 0 fully saturated rings. The predicted molar refractivity (Wildman–Crippen MR) is 101 cm³/mol. The largest absolute Gasteiger partial charge is 0.509 e. The molecule has 1 aliphatic heterocycles. The van der Waals surface area contributed by atoms with Crippen molar-refractivity contribution < 1.29 is 5.11 Å². The normalized spacial score (nSPS) is 14.8. The number of hydrogen-bond donors (Lipinski definition) is 2. The highest BCUT2D eigenvalue weighted by molar-refractivity contribution is 6.30. The number of imidazole rings is 1. The van der Waals surface area contributed by atoms with E-state index in [1.54, 1.807) is 0 Å². The number of anilines is 1.